The molecule has 3 heteroatoms. The number of hydrogen-bond acceptors (Lipinski definition) is 2. The molecule has 6 fully saturated rings. The van der Waals surface area contributed by atoms with E-state index in [0.29, 0.717) is 18.2 Å². The Hall–Kier alpha value is -1.77. The van der Waals surface area contributed by atoms with Gasteiger partial charge in [-0.1, -0.05) is 65.4 Å². The summed E-state index contributed by atoms with van der Waals surface area (Å²) in [4.78, 5) is 2.73. The Bertz CT molecular complexity index is 1430. The summed E-state index contributed by atoms with van der Waals surface area (Å²) >= 11 is 0. The van der Waals surface area contributed by atoms with Gasteiger partial charge in [0, 0.05) is 42.6 Å². The molecule has 2 heterocycles. The van der Waals surface area contributed by atoms with Crippen molar-refractivity contribution in [2.75, 3.05) is 14.1 Å². The van der Waals surface area contributed by atoms with Gasteiger partial charge in [-0.2, -0.15) is 0 Å². The molecule has 0 spiro atoms. The van der Waals surface area contributed by atoms with Crippen molar-refractivity contribution in [3.05, 3.63) is 46.9 Å². The first-order valence-electron chi connectivity index (χ1n) is 21.9. The highest BCUT2D eigenvalue weighted by atomic mass is 16.5. The highest BCUT2D eigenvalue weighted by molar-refractivity contribution is 5.97. The highest BCUT2D eigenvalue weighted by Gasteiger charge is 2.59. The van der Waals surface area contributed by atoms with Gasteiger partial charge >= 0.3 is 0 Å². The topological polar surface area (TPSA) is 15.5 Å². The second kappa shape index (κ2) is 13.9. The van der Waals surface area contributed by atoms with Crippen LogP contribution in [0.5, 0.6) is 0 Å². The van der Waals surface area contributed by atoms with Crippen molar-refractivity contribution in [3.63, 3.8) is 0 Å². The zero-order valence-electron chi connectivity index (χ0n) is 33.3. The van der Waals surface area contributed by atoms with Crippen LogP contribution in [0.15, 0.2) is 46.9 Å². The van der Waals surface area contributed by atoms with Crippen LogP contribution in [0, 0.1) is 52.3 Å². The fourth-order valence-electron chi connectivity index (χ4n) is 14.3. The van der Waals surface area contributed by atoms with Crippen LogP contribution >= 0.6 is 0 Å². The number of ether oxygens (including phenoxy) is 1. The highest BCUT2D eigenvalue weighted by Crippen LogP contribution is 2.59. The first-order chi connectivity index (χ1) is 24.1. The van der Waals surface area contributed by atoms with Gasteiger partial charge in [0.2, 0.25) is 0 Å². The van der Waals surface area contributed by atoms with Crippen LogP contribution in [0.2, 0.25) is 0 Å². The van der Waals surface area contributed by atoms with E-state index in [1.54, 1.807) is 11.4 Å². The molecule has 8 aliphatic rings. The van der Waals surface area contributed by atoms with Crippen LogP contribution in [0.25, 0.3) is 0 Å². The normalized spacial score (nSPS) is 42.9. The van der Waals surface area contributed by atoms with E-state index in [1.807, 2.05) is 0 Å². The van der Waals surface area contributed by atoms with E-state index in [0.717, 1.165) is 54.3 Å². The van der Waals surface area contributed by atoms with Crippen molar-refractivity contribution in [3.8, 4) is 0 Å². The molecule has 0 aromatic heterocycles. The number of fused-ring (bicyclic) bond motifs is 6. The second-order valence-corrected chi connectivity index (χ2v) is 20.1. The third-order valence-corrected chi connectivity index (χ3v) is 16.7. The molecule has 1 saturated heterocycles. The molecule has 0 amide bonds. The lowest BCUT2D eigenvalue weighted by molar-refractivity contribution is -0.541. The van der Waals surface area contributed by atoms with Gasteiger partial charge in [-0.25, -0.2) is 4.58 Å². The molecule has 50 heavy (non-hydrogen) atoms. The maximum atomic E-state index is 7.22. The molecule has 8 atom stereocenters. The SMILES string of the molecule is CC1CCC(OC2=C(/C=C/C3=[N+](C)C4CCC5CCCCC5C4C3(C)C)CCC/C2=C\C=C2\N(C)C3CCC4CCCCC4C3C2(C)C)CC1. The lowest BCUT2D eigenvalue weighted by Gasteiger charge is -2.47. The van der Waals surface area contributed by atoms with E-state index in [-0.39, 0.29) is 10.8 Å². The number of rotatable bonds is 5. The summed E-state index contributed by atoms with van der Waals surface area (Å²) in [5.74, 6) is 7.46. The Kier molecular flexibility index (Phi) is 9.80. The standard InChI is InChI=1S/C47H73N2O/c1-31-19-25-36(26-20-31)50-45-34(23-29-41-46(2,3)43-37-17-10-8-13-32(37)21-27-39(43)48(41)6)15-12-16-35(45)24-30-42-47(4,5)44-38-18-11-9-14-33(38)22-28-40(44)49(42)7/h23-24,29-33,36-40,43-44H,8-22,25-28H2,1-7H3/q+1. The lowest BCUT2D eigenvalue weighted by Crippen LogP contribution is -2.45. The lowest BCUT2D eigenvalue weighted by atomic mass is 9.57. The quantitative estimate of drug-likeness (QED) is 0.268. The summed E-state index contributed by atoms with van der Waals surface area (Å²) in [5.41, 5.74) is 6.52. The molecule has 0 bridgehead atoms. The van der Waals surface area contributed by atoms with Crippen LogP contribution in [-0.2, 0) is 4.74 Å². The van der Waals surface area contributed by atoms with Crippen molar-refractivity contribution in [2.45, 2.75) is 175 Å². The van der Waals surface area contributed by atoms with Crippen LogP contribution < -0.4 is 0 Å². The summed E-state index contributed by atoms with van der Waals surface area (Å²) in [7, 11) is 4.85. The monoisotopic (exact) mass is 682 g/mol. The Balaban J connectivity index is 1.11. The molecule has 8 unspecified atom stereocenters. The fourth-order valence-corrected chi connectivity index (χ4v) is 14.3. The first-order valence-corrected chi connectivity index (χ1v) is 21.9. The van der Waals surface area contributed by atoms with Crippen LogP contribution in [0.1, 0.15) is 157 Å². The van der Waals surface area contributed by atoms with Gasteiger partial charge in [-0.15, -0.1) is 0 Å². The molecular weight excluding hydrogens is 609 g/mol. The third-order valence-electron chi connectivity index (χ3n) is 16.7. The van der Waals surface area contributed by atoms with Gasteiger partial charge in [0.1, 0.15) is 12.8 Å². The zero-order valence-corrected chi connectivity index (χ0v) is 33.3. The predicted molar refractivity (Wildman–Crippen MR) is 209 cm³/mol. The summed E-state index contributed by atoms with van der Waals surface area (Å²) in [6.07, 6.45) is 36.4. The summed E-state index contributed by atoms with van der Waals surface area (Å²) in [6.45, 7) is 12.8. The van der Waals surface area contributed by atoms with Crippen LogP contribution in [0.3, 0.4) is 0 Å². The molecule has 3 nitrogen and oxygen atoms in total. The maximum absolute atomic E-state index is 7.22. The molecule has 6 aliphatic carbocycles. The molecular formula is C47H73N2O+. The largest absolute Gasteiger partial charge is 0.490 e. The molecule has 0 aromatic rings. The second-order valence-electron chi connectivity index (χ2n) is 20.1. The van der Waals surface area contributed by atoms with E-state index >= 15 is 0 Å². The fraction of sp³-hybridized carbons (Fsp3) is 0.809. The minimum atomic E-state index is 0.224. The van der Waals surface area contributed by atoms with E-state index < -0.39 is 0 Å². The van der Waals surface area contributed by atoms with Crippen LogP contribution in [0.4, 0.5) is 0 Å². The zero-order chi connectivity index (χ0) is 34.8. The van der Waals surface area contributed by atoms with Gasteiger partial charge in [-0.3, -0.25) is 0 Å². The van der Waals surface area contributed by atoms with Crippen molar-refractivity contribution >= 4 is 5.71 Å². The average molecular weight is 682 g/mol. The maximum Gasteiger partial charge on any atom is 0.182 e. The molecule has 276 valence electrons. The van der Waals surface area contributed by atoms with Gasteiger partial charge < -0.3 is 9.64 Å². The van der Waals surface area contributed by atoms with E-state index in [1.165, 1.54) is 126 Å². The number of nitrogens with zero attached hydrogens (tertiary/aromatic N) is 2. The molecule has 2 aliphatic heterocycles. The number of hydrogen-bond donors (Lipinski definition) is 0. The van der Waals surface area contributed by atoms with Crippen molar-refractivity contribution < 1.29 is 9.31 Å². The van der Waals surface area contributed by atoms with E-state index in [9.17, 15) is 0 Å². The molecule has 8 rings (SSSR count). The molecule has 0 N–H and O–H groups in total. The summed E-state index contributed by atoms with van der Waals surface area (Å²) in [6, 6.07) is 1.43. The summed E-state index contributed by atoms with van der Waals surface area (Å²) in [5, 5.41) is 0. The van der Waals surface area contributed by atoms with Crippen molar-refractivity contribution in [1.29, 1.82) is 0 Å². The first kappa shape index (κ1) is 35.3. The van der Waals surface area contributed by atoms with Gasteiger partial charge in [0.05, 0.1) is 11.5 Å². The molecule has 0 radical (unpaired) electrons. The Morgan fingerprint density at radius 3 is 2.06 bits per heavy atom. The Morgan fingerprint density at radius 1 is 0.680 bits per heavy atom. The average Bonchev–Trinajstić information content (AvgIpc) is 3.44. The Morgan fingerprint density at radius 2 is 1.34 bits per heavy atom. The van der Waals surface area contributed by atoms with Crippen LogP contribution in [-0.4, -0.2) is 47.5 Å². The van der Waals surface area contributed by atoms with E-state index in [4.69, 9.17) is 4.74 Å². The number of likely N-dealkylation sites (tertiary alicyclic amines) is 1. The van der Waals surface area contributed by atoms with Gasteiger partial charge in [0.15, 0.2) is 11.8 Å². The summed E-state index contributed by atoms with van der Waals surface area (Å²) < 4.78 is 9.95. The van der Waals surface area contributed by atoms with Gasteiger partial charge in [0.25, 0.3) is 0 Å². The Labute approximate surface area is 307 Å². The van der Waals surface area contributed by atoms with Gasteiger partial charge in [-0.05, 0) is 150 Å². The van der Waals surface area contributed by atoms with E-state index in [2.05, 4.69) is 82.5 Å². The van der Waals surface area contributed by atoms with Crippen molar-refractivity contribution in [1.82, 2.24) is 4.90 Å². The molecule has 0 aromatic carbocycles. The molecule has 5 saturated carbocycles. The smallest absolute Gasteiger partial charge is 0.182 e. The number of allylic oxidation sites excluding steroid dienone is 7. The van der Waals surface area contributed by atoms with Crippen molar-refractivity contribution in [2.24, 2.45) is 52.3 Å². The minimum absolute atomic E-state index is 0.224. The predicted octanol–water partition coefficient (Wildman–Crippen LogP) is 11.7. The minimum Gasteiger partial charge on any atom is -0.490 e. The third kappa shape index (κ3) is 6.13.